The molecule has 0 bridgehead atoms. The number of aliphatic hydroxyl groups is 1. The van der Waals surface area contributed by atoms with Crippen molar-refractivity contribution in [2.24, 2.45) is 11.7 Å². The van der Waals surface area contributed by atoms with Gasteiger partial charge >= 0.3 is 0 Å². The summed E-state index contributed by atoms with van der Waals surface area (Å²) in [7, 11) is 0. The molecule has 2 atom stereocenters. The number of nitrogens with two attached hydrogens (primary N) is 1. The molecule has 1 rings (SSSR count). The number of benzene rings is 1. The first-order valence-corrected chi connectivity index (χ1v) is 6.14. The number of hydrogen-bond donors (Lipinski definition) is 2. The zero-order chi connectivity index (χ0) is 12.7. The second kappa shape index (κ2) is 6.74. The van der Waals surface area contributed by atoms with Crippen LogP contribution in [0.4, 0.5) is 0 Å². The SMILES string of the molecule is CCC(CN)C(C)(O)COCc1ccccc1. The molecule has 0 aliphatic carbocycles. The van der Waals surface area contributed by atoms with Gasteiger partial charge in [-0.1, -0.05) is 37.3 Å². The highest BCUT2D eigenvalue weighted by molar-refractivity contribution is 5.13. The molecule has 0 saturated carbocycles. The first-order valence-electron chi connectivity index (χ1n) is 6.14. The molecule has 0 fully saturated rings. The highest BCUT2D eigenvalue weighted by Crippen LogP contribution is 2.20. The van der Waals surface area contributed by atoms with Gasteiger partial charge < -0.3 is 15.6 Å². The Morgan fingerprint density at radius 1 is 1.35 bits per heavy atom. The molecule has 0 radical (unpaired) electrons. The van der Waals surface area contributed by atoms with E-state index in [2.05, 4.69) is 0 Å². The normalized spacial score (nSPS) is 16.5. The summed E-state index contributed by atoms with van der Waals surface area (Å²) in [4.78, 5) is 0. The lowest BCUT2D eigenvalue weighted by molar-refractivity contribution is -0.0752. The molecule has 0 aliphatic heterocycles. The molecular formula is C14H23NO2. The topological polar surface area (TPSA) is 55.5 Å². The lowest BCUT2D eigenvalue weighted by Crippen LogP contribution is -2.42. The largest absolute Gasteiger partial charge is 0.387 e. The van der Waals surface area contributed by atoms with Gasteiger partial charge in [-0.05, 0) is 25.5 Å². The van der Waals surface area contributed by atoms with E-state index >= 15 is 0 Å². The summed E-state index contributed by atoms with van der Waals surface area (Å²) in [6.07, 6.45) is 0.859. The molecule has 0 aromatic heterocycles. The van der Waals surface area contributed by atoms with Crippen LogP contribution in [0.3, 0.4) is 0 Å². The van der Waals surface area contributed by atoms with Gasteiger partial charge in [-0.3, -0.25) is 0 Å². The Balaban J connectivity index is 2.39. The monoisotopic (exact) mass is 237 g/mol. The quantitative estimate of drug-likeness (QED) is 0.762. The van der Waals surface area contributed by atoms with Gasteiger partial charge in [-0.2, -0.15) is 0 Å². The summed E-state index contributed by atoms with van der Waals surface area (Å²) in [5.41, 5.74) is 5.90. The van der Waals surface area contributed by atoms with Crippen LogP contribution in [0.2, 0.25) is 0 Å². The van der Waals surface area contributed by atoms with E-state index in [-0.39, 0.29) is 5.92 Å². The Labute approximate surface area is 104 Å². The summed E-state index contributed by atoms with van der Waals surface area (Å²) in [5, 5.41) is 10.2. The van der Waals surface area contributed by atoms with Crippen molar-refractivity contribution in [2.75, 3.05) is 13.2 Å². The smallest absolute Gasteiger partial charge is 0.0892 e. The minimum atomic E-state index is -0.849. The predicted octanol–water partition coefficient (Wildman–Crippen LogP) is 1.94. The van der Waals surface area contributed by atoms with Crippen molar-refractivity contribution in [1.82, 2.24) is 0 Å². The maximum atomic E-state index is 10.2. The van der Waals surface area contributed by atoms with Gasteiger partial charge in [-0.25, -0.2) is 0 Å². The average molecular weight is 237 g/mol. The van der Waals surface area contributed by atoms with E-state index in [0.29, 0.717) is 19.8 Å². The average Bonchev–Trinajstić information content (AvgIpc) is 2.31. The lowest BCUT2D eigenvalue weighted by atomic mass is 9.88. The van der Waals surface area contributed by atoms with Crippen LogP contribution in [-0.2, 0) is 11.3 Å². The Kier molecular flexibility index (Phi) is 5.62. The van der Waals surface area contributed by atoms with Gasteiger partial charge in [-0.15, -0.1) is 0 Å². The van der Waals surface area contributed by atoms with Crippen molar-refractivity contribution in [3.63, 3.8) is 0 Å². The van der Waals surface area contributed by atoms with Gasteiger partial charge in [0.2, 0.25) is 0 Å². The van der Waals surface area contributed by atoms with Crippen LogP contribution in [0.25, 0.3) is 0 Å². The molecule has 0 saturated heterocycles. The zero-order valence-corrected chi connectivity index (χ0v) is 10.7. The molecule has 2 unspecified atom stereocenters. The van der Waals surface area contributed by atoms with Crippen molar-refractivity contribution in [3.8, 4) is 0 Å². The first-order chi connectivity index (χ1) is 8.10. The molecule has 3 nitrogen and oxygen atoms in total. The van der Waals surface area contributed by atoms with Crippen LogP contribution in [0.15, 0.2) is 30.3 Å². The Bertz CT molecular complexity index is 307. The Morgan fingerprint density at radius 2 is 2.00 bits per heavy atom. The lowest BCUT2D eigenvalue weighted by Gasteiger charge is -2.31. The number of hydrogen-bond acceptors (Lipinski definition) is 3. The zero-order valence-electron chi connectivity index (χ0n) is 10.7. The Hall–Kier alpha value is -0.900. The van der Waals surface area contributed by atoms with Crippen LogP contribution in [0.5, 0.6) is 0 Å². The van der Waals surface area contributed by atoms with Crippen molar-refractivity contribution >= 4 is 0 Å². The van der Waals surface area contributed by atoms with Gasteiger partial charge in [0, 0.05) is 5.92 Å². The van der Waals surface area contributed by atoms with Crippen molar-refractivity contribution in [3.05, 3.63) is 35.9 Å². The van der Waals surface area contributed by atoms with Crippen LogP contribution in [0, 0.1) is 5.92 Å². The summed E-state index contributed by atoms with van der Waals surface area (Å²) in [6.45, 7) is 5.15. The number of rotatable bonds is 7. The van der Waals surface area contributed by atoms with Crippen molar-refractivity contribution in [2.45, 2.75) is 32.5 Å². The molecule has 0 heterocycles. The summed E-state index contributed by atoms with van der Waals surface area (Å²) < 4.78 is 5.56. The maximum Gasteiger partial charge on any atom is 0.0892 e. The molecule has 1 aromatic rings. The van der Waals surface area contributed by atoms with Gasteiger partial charge in [0.1, 0.15) is 0 Å². The van der Waals surface area contributed by atoms with Gasteiger partial charge in [0.05, 0.1) is 18.8 Å². The second-order valence-corrected chi connectivity index (χ2v) is 4.68. The van der Waals surface area contributed by atoms with Gasteiger partial charge in [0.15, 0.2) is 0 Å². The molecular weight excluding hydrogens is 214 g/mol. The fourth-order valence-electron chi connectivity index (χ4n) is 1.93. The van der Waals surface area contributed by atoms with Crippen LogP contribution >= 0.6 is 0 Å². The minimum absolute atomic E-state index is 0.0817. The van der Waals surface area contributed by atoms with Crippen LogP contribution in [-0.4, -0.2) is 23.9 Å². The fraction of sp³-hybridized carbons (Fsp3) is 0.571. The predicted molar refractivity (Wildman–Crippen MR) is 69.6 cm³/mol. The maximum absolute atomic E-state index is 10.2. The Morgan fingerprint density at radius 3 is 2.53 bits per heavy atom. The van der Waals surface area contributed by atoms with Crippen molar-refractivity contribution < 1.29 is 9.84 Å². The van der Waals surface area contributed by atoms with E-state index in [0.717, 1.165) is 12.0 Å². The van der Waals surface area contributed by atoms with Crippen molar-refractivity contribution in [1.29, 1.82) is 0 Å². The molecule has 3 heteroatoms. The molecule has 17 heavy (non-hydrogen) atoms. The van der Waals surface area contributed by atoms with Crippen LogP contribution in [0.1, 0.15) is 25.8 Å². The molecule has 96 valence electrons. The number of ether oxygens (including phenoxy) is 1. The minimum Gasteiger partial charge on any atom is -0.387 e. The second-order valence-electron chi connectivity index (χ2n) is 4.68. The highest BCUT2D eigenvalue weighted by atomic mass is 16.5. The van der Waals surface area contributed by atoms with E-state index in [1.54, 1.807) is 6.92 Å². The van der Waals surface area contributed by atoms with E-state index in [1.165, 1.54) is 0 Å². The molecule has 0 aliphatic rings. The molecule has 3 N–H and O–H groups in total. The van der Waals surface area contributed by atoms with E-state index < -0.39 is 5.60 Å². The summed E-state index contributed by atoms with van der Waals surface area (Å²) >= 11 is 0. The molecule has 0 amide bonds. The standard InChI is InChI=1S/C14H23NO2/c1-3-13(9-15)14(2,16)11-17-10-12-7-5-4-6-8-12/h4-8,13,16H,3,9-11,15H2,1-2H3. The first kappa shape index (κ1) is 14.2. The molecule has 1 aromatic carbocycles. The highest BCUT2D eigenvalue weighted by Gasteiger charge is 2.29. The van der Waals surface area contributed by atoms with E-state index in [1.807, 2.05) is 37.3 Å². The third kappa shape index (κ3) is 4.46. The fourth-order valence-corrected chi connectivity index (χ4v) is 1.93. The summed E-state index contributed by atoms with van der Waals surface area (Å²) in [5.74, 6) is 0.0817. The van der Waals surface area contributed by atoms with E-state index in [4.69, 9.17) is 10.5 Å². The third-order valence-electron chi connectivity index (χ3n) is 3.16. The van der Waals surface area contributed by atoms with E-state index in [9.17, 15) is 5.11 Å². The van der Waals surface area contributed by atoms with Crippen LogP contribution < -0.4 is 5.73 Å². The summed E-state index contributed by atoms with van der Waals surface area (Å²) in [6, 6.07) is 9.95. The third-order valence-corrected chi connectivity index (χ3v) is 3.16. The molecule has 0 spiro atoms. The van der Waals surface area contributed by atoms with Gasteiger partial charge in [0.25, 0.3) is 0 Å².